The van der Waals surface area contributed by atoms with Crippen molar-refractivity contribution in [1.29, 1.82) is 0 Å². The second-order valence-electron chi connectivity index (χ2n) is 9.54. The molecule has 25 heavy (non-hydrogen) atoms. The Labute approximate surface area is 150 Å². The van der Waals surface area contributed by atoms with E-state index in [1.807, 2.05) is 6.08 Å². The molecule has 0 aliphatic heterocycles. The molecule has 0 aromatic heterocycles. The van der Waals surface area contributed by atoms with Crippen molar-refractivity contribution in [3.05, 3.63) is 23.8 Å². The molecule has 3 unspecified atom stereocenters. The van der Waals surface area contributed by atoms with Crippen molar-refractivity contribution in [3.8, 4) is 0 Å². The minimum atomic E-state index is -1.16. The number of allylic oxidation sites excluding steroid dienone is 2. The fourth-order valence-electron chi connectivity index (χ4n) is 7.16. The van der Waals surface area contributed by atoms with Crippen molar-refractivity contribution in [2.75, 3.05) is 0 Å². The van der Waals surface area contributed by atoms with Crippen molar-refractivity contribution in [2.45, 2.75) is 71.3 Å². The van der Waals surface area contributed by atoms with Crippen LogP contribution in [0.2, 0.25) is 0 Å². The number of fused-ring (bicyclic) bond motifs is 5. The average molecular weight is 342 g/mol. The Morgan fingerprint density at radius 3 is 2.56 bits per heavy atom. The Balaban J connectivity index is 1.75. The van der Waals surface area contributed by atoms with Crippen molar-refractivity contribution in [1.82, 2.24) is 0 Å². The van der Waals surface area contributed by atoms with Gasteiger partial charge in [0.15, 0.2) is 11.6 Å². The molecule has 3 fully saturated rings. The highest BCUT2D eigenvalue weighted by molar-refractivity contribution is 5.92. The molecular weight excluding hydrogens is 312 g/mol. The number of aliphatic hydroxyl groups is 1. The van der Waals surface area contributed by atoms with E-state index in [9.17, 15) is 14.7 Å². The lowest BCUT2D eigenvalue weighted by atomic mass is 9.45. The fourth-order valence-corrected chi connectivity index (χ4v) is 7.16. The van der Waals surface area contributed by atoms with E-state index < -0.39 is 5.60 Å². The quantitative estimate of drug-likeness (QED) is 0.783. The SMILES string of the molecule is C=C1CC2C(CC[C@@]3(C)C2CC[C@]3(O)C(C)=O)[C@@]2(C)CCC(=O)C=C12. The van der Waals surface area contributed by atoms with Crippen LogP contribution in [-0.2, 0) is 9.59 Å². The van der Waals surface area contributed by atoms with Crippen LogP contribution in [0.15, 0.2) is 23.8 Å². The van der Waals surface area contributed by atoms with Crippen LogP contribution in [-0.4, -0.2) is 22.3 Å². The first-order valence-corrected chi connectivity index (χ1v) is 9.80. The molecule has 0 aromatic carbocycles. The maximum atomic E-state index is 12.3. The van der Waals surface area contributed by atoms with Crippen LogP contribution in [0.3, 0.4) is 0 Å². The molecule has 0 aromatic rings. The largest absolute Gasteiger partial charge is 0.382 e. The molecule has 0 saturated heterocycles. The van der Waals surface area contributed by atoms with Gasteiger partial charge in [-0.05, 0) is 80.3 Å². The van der Waals surface area contributed by atoms with Gasteiger partial charge in [-0.1, -0.05) is 26.0 Å². The van der Waals surface area contributed by atoms with Crippen LogP contribution in [0.1, 0.15) is 65.7 Å². The Hall–Kier alpha value is -1.22. The van der Waals surface area contributed by atoms with Gasteiger partial charge in [0.05, 0.1) is 0 Å². The molecule has 1 N–H and O–H groups in total. The molecule has 136 valence electrons. The second kappa shape index (κ2) is 5.16. The van der Waals surface area contributed by atoms with Gasteiger partial charge in [0.1, 0.15) is 5.60 Å². The number of Topliss-reactive ketones (excluding diaryl/α,β-unsaturated/α-hetero) is 1. The van der Waals surface area contributed by atoms with Crippen LogP contribution in [0.5, 0.6) is 0 Å². The van der Waals surface area contributed by atoms with Crippen LogP contribution >= 0.6 is 0 Å². The molecule has 3 nitrogen and oxygen atoms in total. The van der Waals surface area contributed by atoms with Gasteiger partial charge in [0, 0.05) is 11.8 Å². The smallest absolute Gasteiger partial charge is 0.161 e. The minimum absolute atomic E-state index is 0.0339. The molecule has 0 bridgehead atoms. The van der Waals surface area contributed by atoms with Crippen molar-refractivity contribution < 1.29 is 14.7 Å². The Kier molecular flexibility index (Phi) is 3.55. The van der Waals surface area contributed by atoms with Crippen LogP contribution in [0, 0.1) is 28.6 Å². The zero-order valence-electron chi connectivity index (χ0n) is 15.7. The molecule has 6 atom stereocenters. The van der Waals surface area contributed by atoms with Gasteiger partial charge in [-0.25, -0.2) is 0 Å². The summed E-state index contributed by atoms with van der Waals surface area (Å²) >= 11 is 0. The van der Waals surface area contributed by atoms with E-state index in [1.165, 1.54) is 5.57 Å². The van der Waals surface area contributed by atoms with Gasteiger partial charge in [-0.3, -0.25) is 9.59 Å². The highest BCUT2D eigenvalue weighted by atomic mass is 16.3. The molecule has 0 heterocycles. The summed E-state index contributed by atoms with van der Waals surface area (Å²) in [7, 11) is 0. The summed E-state index contributed by atoms with van der Waals surface area (Å²) < 4.78 is 0. The minimum Gasteiger partial charge on any atom is -0.382 e. The normalized spacial score (nSPS) is 49.1. The van der Waals surface area contributed by atoms with Crippen molar-refractivity contribution in [2.24, 2.45) is 28.6 Å². The Morgan fingerprint density at radius 1 is 1.20 bits per heavy atom. The summed E-state index contributed by atoms with van der Waals surface area (Å²) in [5.74, 6) is 1.54. The lowest BCUT2D eigenvalue weighted by Crippen LogP contribution is -2.57. The van der Waals surface area contributed by atoms with E-state index in [0.717, 1.165) is 37.7 Å². The van der Waals surface area contributed by atoms with Gasteiger partial charge in [0.2, 0.25) is 0 Å². The zero-order chi connectivity index (χ0) is 18.2. The summed E-state index contributed by atoms with van der Waals surface area (Å²) in [6.07, 6.45) is 7.77. The highest BCUT2D eigenvalue weighted by Gasteiger charge is 2.65. The van der Waals surface area contributed by atoms with Gasteiger partial charge >= 0.3 is 0 Å². The number of hydrogen-bond acceptors (Lipinski definition) is 3. The van der Waals surface area contributed by atoms with Gasteiger partial charge in [0.25, 0.3) is 0 Å². The lowest BCUT2D eigenvalue weighted by molar-refractivity contribution is -0.159. The molecule has 4 aliphatic rings. The van der Waals surface area contributed by atoms with Gasteiger partial charge in [-0.15, -0.1) is 0 Å². The fraction of sp³-hybridized carbons (Fsp3) is 0.727. The number of carbonyl (C=O) groups excluding carboxylic acids is 2. The van der Waals surface area contributed by atoms with E-state index in [2.05, 4.69) is 20.4 Å². The molecule has 3 heteroatoms. The maximum Gasteiger partial charge on any atom is 0.161 e. The molecule has 0 spiro atoms. The topological polar surface area (TPSA) is 54.4 Å². The molecule has 0 radical (unpaired) electrons. The van der Waals surface area contributed by atoms with E-state index in [4.69, 9.17) is 0 Å². The van der Waals surface area contributed by atoms with E-state index in [1.54, 1.807) is 6.92 Å². The highest BCUT2D eigenvalue weighted by Crippen LogP contribution is 2.68. The maximum absolute atomic E-state index is 12.3. The zero-order valence-corrected chi connectivity index (χ0v) is 15.7. The lowest BCUT2D eigenvalue weighted by Gasteiger charge is -2.59. The predicted octanol–water partition coefficient (Wildman–Crippen LogP) is 4.00. The molecule has 0 amide bonds. The van der Waals surface area contributed by atoms with E-state index in [-0.39, 0.29) is 22.4 Å². The average Bonchev–Trinajstić information content (AvgIpc) is 2.83. The standard InChI is InChI=1S/C22H30O3/c1-13-11-16-17(20(3)8-5-15(24)12-19(13)20)6-9-21(4)18(16)7-10-22(21,25)14(2)23/h12,16-18,25H,1,5-11H2,2-4H3/t16?,17?,18?,20-,21+,22+/m1/s1. The van der Waals surface area contributed by atoms with Gasteiger partial charge in [-0.2, -0.15) is 0 Å². The summed E-state index contributed by atoms with van der Waals surface area (Å²) in [4.78, 5) is 24.2. The number of rotatable bonds is 1. The molecular formula is C22H30O3. The van der Waals surface area contributed by atoms with Crippen molar-refractivity contribution in [3.63, 3.8) is 0 Å². The monoisotopic (exact) mass is 342 g/mol. The number of carbonyl (C=O) groups is 2. The first kappa shape index (κ1) is 17.2. The summed E-state index contributed by atoms with van der Waals surface area (Å²) in [6, 6.07) is 0. The number of hydrogen-bond donors (Lipinski definition) is 1. The van der Waals surface area contributed by atoms with E-state index >= 15 is 0 Å². The van der Waals surface area contributed by atoms with Crippen LogP contribution in [0.4, 0.5) is 0 Å². The molecule has 4 aliphatic carbocycles. The number of ketones is 2. The second-order valence-corrected chi connectivity index (χ2v) is 9.54. The molecule has 4 rings (SSSR count). The summed E-state index contributed by atoms with van der Waals surface area (Å²) in [5.41, 5.74) is 0.852. The third kappa shape index (κ3) is 2.02. The van der Waals surface area contributed by atoms with Crippen LogP contribution < -0.4 is 0 Å². The predicted molar refractivity (Wildman–Crippen MR) is 96.9 cm³/mol. The van der Waals surface area contributed by atoms with Gasteiger partial charge < -0.3 is 5.11 Å². The van der Waals surface area contributed by atoms with Crippen LogP contribution in [0.25, 0.3) is 0 Å². The third-order valence-corrected chi connectivity index (χ3v) is 8.66. The van der Waals surface area contributed by atoms with Crippen molar-refractivity contribution >= 4 is 11.6 Å². The molecule has 3 saturated carbocycles. The first-order valence-electron chi connectivity index (χ1n) is 9.80. The summed E-state index contributed by atoms with van der Waals surface area (Å²) in [6.45, 7) is 10.3. The summed E-state index contributed by atoms with van der Waals surface area (Å²) in [5, 5.41) is 11.2. The van der Waals surface area contributed by atoms with E-state index in [0.29, 0.717) is 30.6 Å². The Morgan fingerprint density at radius 2 is 1.88 bits per heavy atom. The first-order chi connectivity index (χ1) is 11.6. The third-order valence-electron chi connectivity index (χ3n) is 8.66. The Bertz CT molecular complexity index is 704.